The molecular formula is C15H15N3O. The number of nitrogens with zero attached hydrogens (tertiary/aromatic N) is 2. The van der Waals surface area contributed by atoms with Gasteiger partial charge in [-0.3, -0.25) is 4.68 Å². The van der Waals surface area contributed by atoms with Crippen LogP contribution in [-0.4, -0.2) is 9.78 Å². The Balaban J connectivity index is 1.91. The normalized spacial score (nSPS) is 10.8. The van der Waals surface area contributed by atoms with Gasteiger partial charge in [-0.05, 0) is 23.8 Å². The summed E-state index contributed by atoms with van der Waals surface area (Å²) in [6, 6.07) is 15.7. The van der Waals surface area contributed by atoms with Crippen molar-refractivity contribution in [2.75, 3.05) is 5.73 Å². The second-order valence-corrected chi connectivity index (χ2v) is 4.48. The van der Waals surface area contributed by atoms with E-state index in [0.717, 1.165) is 16.5 Å². The number of aromatic nitrogens is 2. The molecule has 3 aromatic rings. The molecule has 19 heavy (non-hydrogen) atoms. The van der Waals surface area contributed by atoms with Crippen molar-refractivity contribution in [3.63, 3.8) is 0 Å². The van der Waals surface area contributed by atoms with Crippen LogP contribution in [0.2, 0.25) is 0 Å². The Morgan fingerprint density at radius 3 is 2.74 bits per heavy atom. The first kappa shape index (κ1) is 11.6. The van der Waals surface area contributed by atoms with Gasteiger partial charge in [0.2, 0.25) is 5.88 Å². The highest BCUT2D eigenvalue weighted by Gasteiger charge is 2.09. The van der Waals surface area contributed by atoms with Crippen molar-refractivity contribution in [1.82, 2.24) is 9.78 Å². The van der Waals surface area contributed by atoms with Gasteiger partial charge in [0.15, 0.2) is 0 Å². The molecule has 0 fully saturated rings. The van der Waals surface area contributed by atoms with Crippen LogP contribution < -0.4 is 10.5 Å². The number of nitrogen functional groups attached to an aromatic ring is 1. The summed E-state index contributed by atoms with van der Waals surface area (Å²) >= 11 is 0. The Labute approximate surface area is 111 Å². The van der Waals surface area contributed by atoms with Gasteiger partial charge in [-0.1, -0.05) is 30.3 Å². The fourth-order valence-corrected chi connectivity index (χ4v) is 2.08. The van der Waals surface area contributed by atoms with E-state index in [2.05, 4.69) is 5.10 Å². The Morgan fingerprint density at radius 1 is 1.16 bits per heavy atom. The Hall–Kier alpha value is -2.49. The van der Waals surface area contributed by atoms with E-state index in [-0.39, 0.29) is 0 Å². The summed E-state index contributed by atoms with van der Waals surface area (Å²) in [6.07, 6.45) is 0. The van der Waals surface area contributed by atoms with Crippen molar-refractivity contribution in [3.8, 4) is 5.88 Å². The Kier molecular flexibility index (Phi) is 2.83. The summed E-state index contributed by atoms with van der Waals surface area (Å²) in [5.74, 6) is 0.619. The van der Waals surface area contributed by atoms with Gasteiger partial charge < -0.3 is 10.5 Å². The SMILES string of the molecule is Cn1nc(OCc2ccccc2)c2cc(N)ccc21. The summed E-state index contributed by atoms with van der Waals surface area (Å²) in [4.78, 5) is 0. The van der Waals surface area contributed by atoms with E-state index < -0.39 is 0 Å². The van der Waals surface area contributed by atoms with Gasteiger partial charge in [0.1, 0.15) is 6.61 Å². The van der Waals surface area contributed by atoms with Gasteiger partial charge in [0.05, 0.1) is 10.9 Å². The van der Waals surface area contributed by atoms with E-state index in [1.54, 1.807) is 4.68 Å². The number of anilines is 1. The van der Waals surface area contributed by atoms with Crippen molar-refractivity contribution in [3.05, 3.63) is 54.1 Å². The molecule has 2 aromatic carbocycles. The van der Waals surface area contributed by atoms with Gasteiger partial charge in [0, 0.05) is 12.7 Å². The predicted octanol–water partition coefficient (Wildman–Crippen LogP) is 2.73. The predicted molar refractivity (Wildman–Crippen MR) is 75.9 cm³/mol. The third kappa shape index (κ3) is 2.25. The average molecular weight is 253 g/mol. The molecule has 0 aliphatic heterocycles. The number of aryl methyl sites for hydroxylation is 1. The number of rotatable bonds is 3. The van der Waals surface area contributed by atoms with Gasteiger partial charge in [-0.2, -0.15) is 0 Å². The smallest absolute Gasteiger partial charge is 0.241 e. The zero-order valence-corrected chi connectivity index (χ0v) is 10.7. The number of nitrogens with two attached hydrogens (primary N) is 1. The Morgan fingerprint density at radius 2 is 1.95 bits per heavy atom. The maximum Gasteiger partial charge on any atom is 0.241 e. The standard InChI is InChI=1S/C15H15N3O/c1-18-14-8-7-12(16)9-13(14)15(17-18)19-10-11-5-3-2-4-6-11/h2-9H,10,16H2,1H3. The summed E-state index contributed by atoms with van der Waals surface area (Å²) in [5.41, 5.74) is 8.66. The minimum absolute atomic E-state index is 0.502. The average Bonchev–Trinajstić information content (AvgIpc) is 2.74. The number of fused-ring (bicyclic) bond motifs is 1. The van der Waals surface area contributed by atoms with Gasteiger partial charge in [-0.15, -0.1) is 5.10 Å². The van der Waals surface area contributed by atoms with E-state index in [1.165, 1.54) is 0 Å². The van der Waals surface area contributed by atoms with Gasteiger partial charge in [-0.25, -0.2) is 0 Å². The second kappa shape index (κ2) is 4.65. The molecule has 0 aliphatic carbocycles. The van der Waals surface area contributed by atoms with Crippen molar-refractivity contribution in [2.45, 2.75) is 6.61 Å². The highest BCUT2D eigenvalue weighted by atomic mass is 16.5. The van der Waals surface area contributed by atoms with Crippen LogP contribution in [0.1, 0.15) is 5.56 Å². The van der Waals surface area contributed by atoms with Gasteiger partial charge in [0.25, 0.3) is 0 Å². The molecule has 1 aromatic heterocycles. The highest BCUT2D eigenvalue weighted by Crippen LogP contribution is 2.26. The van der Waals surface area contributed by atoms with Crippen LogP contribution in [0.3, 0.4) is 0 Å². The second-order valence-electron chi connectivity index (χ2n) is 4.48. The van der Waals surface area contributed by atoms with Crippen molar-refractivity contribution >= 4 is 16.6 Å². The first-order valence-corrected chi connectivity index (χ1v) is 6.13. The molecular weight excluding hydrogens is 238 g/mol. The molecule has 0 amide bonds. The van der Waals surface area contributed by atoms with Gasteiger partial charge >= 0.3 is 0 Å². The number of ether oxygens (including phenoxy) is 1. The first-order chi connectivity index (χ1) is 9.24. The van der Waals surface area contributed by atoms with Crippen molar-refractivity contribution in [2.24, 2.45) is 7.05 Å². The molecule has 0 radical (unpaired) electrons. The summed E-state index contributed by atoms with van der Waals surface area (Å²) < 4.78 is 7.59. The van der Waals surface area contributed by atoms with Crippen LogP contribution >= 0.6 is 0 Å². The third-order valence-corrected chi connectivity index (χ3v) is 3.06. The van der Waals surface area contributed by atoms with Crippen molar-refractivity contribution in [1.29, 1.82) is 0 Å². The fourth-order valence-electron chi connectivity index (χ4n) is 2.08. The largest absolute Gasteiger partial charge is 0.471 e. The molecule has 0 aliphatic rings. The lowest BCUT2D eigenvalue weighted by Gasteiger charge is -2.03. The third-order valence-electron chi connectivity index (χ3n) is 3.06. The molecule has 1 heterocycles. The zero-order chi connectivity index (χ0) is 13.2. The Bertz CT molecular complexity index is 704. The quantitative estimate of drug-likeness (QED) is 0.730. The zero-order valence-electron chi connectivity index (χ0n) is 10.7. The molecule has 4 heteroatoms. The van der Waals surface area contributed by atoms with E-state index in [0.29, 0.717) is 18.2 Å². The van der Waals surface area contributed by atoms with Crippen LogP contribution in [0.5, 0.6) is 5.88 Å². The molecule has 2 N–H and O–H groups in total. The highest BCUT2D eigenvalue weighted by molar-refractivity contribution is 5.87. The topological polar surface area (TPSA) is 53.1 Å². The van der Waals surface area contributed by atoms with E-state index in [1.807, 2.05) is 55.6 Å². The van der Waals surface area contributed by atoms with E-state index in [4.69, 9.17) is 10.5 Å². The molecule has 0 bridgehead atoms. The maximum absolute atomic E-state index is 5.82. The molecule has 0 unspecified atom stereocenters. The lowest BCUT2D eigenvalue weighted by molar-refractivity contribution is 0.294. The van der Waals surface area contributed by atoms with E-state index in [9.17, 15) is 0 Å². The lowest BCUT2D eigenvalue weighted by atomic mass is 10.2. The van der Waals surface area contributed by atoms with Crippen LogP contribution in [0.25, 0.3) is 10.9 Å². The molecule has 4 nitrogen and oxygen atoms in total. The molecule has 96 valence electrons. The number of hydrogen-bond acceptors (Lipinski definition) is 3. The summed E-state index contributed by atoms with van der Waals surface area (Å²) in [5, 5.41) is 5.33. The fraction of sp³-hybridized carbons (Fsp3) is 0.133. The lowest BCUT2D eigenvalue weighted by Crippen LogP contribution is -1.96. The van der Waals surface area contributed by atoms with Crippen LogP contribution in [0.4, 0.5) is 5.69 Å². The number of hydrogen-bond donors (Lipinski definition) is 1. The summed E-state index contributed by atoms with van der Waals surface area (Å²) in [6.45, 7) is 0.502. The minimum atomic E-state index is 0.502. The van der Waals surface area contributed by atoms with Crippen LogP contribution in [0.15, 0.2) is 48.5 Å². The first-order valence-electron chi connectivity index (χ1n) is 6.13. The van der Waals surface area contributed by atoms with E-state index >= 15 is 0 Å². The minimum Gasteiger partial charge on any atom is -0.471 e. The molecule has 0 spiro atoms. The van der Waals surface area contributed by atoms with Crippen molar-refractivity contribution < 1.29 is 4.74 Å². The van der Waals surface area contributed by atoms with Crippen LogP contribution in [-0.2, 0) is 13.7 Å². The van der Waals surface area contributed by atoms with Crippen LogP contribution in [0, 0.1) is 0 Å². The summed E-state index contributed by atoms with van der Waals surface area (Å²) in [7, 11) is 1.90. The molecule has 0 saturated carbocycles. The maximum atomic E-state index is 5.82. The monoisotopic (exact) mass is 253 g/mol. The molecule has 3 rings (SSSR count). The number of benzene rings is 2. The molecule has 0 atom stereocenters. The molecule has 0 saturated heterocycles.